The van der Waals surface area contributed by atoms with Gasteiger partial charge in [-0.1, -0.05) is 30.3 Å². The molecule has 0 bridgehead atoms. The van der Waals surface area contributed by atoms with Crippen LogP contribution in [0.1, 0.15) is 5.56 Å². The van der Waals surface area contributed by atoms with Gasteiger partial charge in [0.25, 0.3) is 5.91 Å². The Labute approximate surface area is 145 Å². The molecule has 25 heavy (non-hydrogen) atoms. The Bertz CT molecular complexity index is 895. The van der Waals surface area contributed by atoms with Gasteiger partial charge in [0.1, 0.15) is 5.75 Å². The number of benzene rings is 3. The molecule has 0 saturated heterocycles. The van der Waals surface area contributed by atoms with Crippen molar-refractivity contribution in [3.8, 4) is 11.5 Å². The van der Waals surface area contributed by atoms with Crippen LogP contribution in [0.25, 0.3) is 10.8 Å². The molecule has 0 atom stereocenters. The SMILES string of the molecule is COc1ccc2cc(CNC(=O)COc3ccccc3F)ccc2c1. The molecular weight excluding hydrogens is 321 g/mol. The fourth-order valence-corrected chi connectivity index (χ4v) is 2.47. The molecule has 0 aliphatic heterocycles. The molecule has 0 heterocycles. The van der Waals surface area contributed by atoms with Crippen LogP contribution in [-0.2, 0) is 11.3 Å². The second-order valence-electron chi connectivity index (χ2n) is 5.54. The van der Waals surface area contributed by atoms with E-state index in [9.17, 15) is 9.18 Å². The van der Waals surface area contributed by atoms with Crippen LogP contribution in [0.3, 0.4) is 0 Å². The van der Waals surface area contributed by atoms with Crippen molar-refractivity contribution in [2.75, 3.05) is 13.7 Å². The highest BCUT2D eigenvalue weighted by molar-refractivity contribution is 5.84. The molecule has 0 fully saturated rings. The second-order valence-corrected chi connectivity index (χ2v) is 5.54. The summed E-state index contributed by atoms with van der Waals surface area (Å²) in [6.07, 6.45) is 0. The number of hydrogen-bond acceptors (Lipinski definition) is 3. The van der Waals surface area contributed by atoms with Gasteiger partial charge in [0.05, 0.1) is 7.11 Å². The van der Waals surface area contributed by atoms with Crippen LogP contribution in [0.5, 0.6) is 11.5 Å². The van der Waals surface area contributed by atoms with E-state index in [-0.39, 0.29) is 18.3 Å². The first-order chi connectivity index (χ1) is 12.2. The van der Waals surface area contributed by atoms with Crippen LogP contribution >= 0.6 is 0 Å². The molecular formula is C20H18FNO3. The number of hydrogen-bond donors (Lipinski definition) is 1. The first kappa shape index (κ1) is 16.8. The predicted octanol–water partition coefficient (Wildman–Crippen LogP) is 3.68. The van der Waals surface area contributed by atoms with E-state index in [2.05, 4.69) is 5.32 Å². The van der Waals surface area contributed by atoms with Gasteiger partial charge in [0.15, 0.2) is 18.2 Å². The Kier molecular flexibility index (Phi) is 5.14. The van der Waals surface area contributed by atoms with E-state index >= 15 is 0 Å². The Balaban J connectivity index is 1.56. The lowest BCUT2D eigenvalue weighted by molar-refractivity contribution is -0.123. The van der Waals surface area contributed by atoms with Crippen LogP contribution in [0.4, 0.5) is 4.39 Å². The monoisotopic (exact) mass is 339 g/mol. The lowest BCUT2D eigenvalue weighted by Gasteiger charge is -2.09. The van der Waals surface area contributed by atoms with E-state index in [1.165, 1.54) is 12.1 Å². The van der Waals surface area contributed by atoms with Crippen molar-refractivity contribution >= 4 is 16.7 Å². The molecule has 0 saturated carbocycles. The van der Waals surface area contributed by atoms with Crippen molar-refractivity contribution in [3.05, 3.63) is 72.0 Å². The van der Waals surface area contributed by atoms with Gasteiger partial charge in [0, 0.05) is 6.54 Å². The lowest BCUT2D eigenvalue weighted by Crippen LogP contribution is -2.28. The smallest absolute Gasteiger partial charge is 0.258 e. The van der Waals surface area contributed by atoms with Gasteiger partial charge in [-0.15, -0.1) is 0 Å². The average Bonchev–Trinajstić information content (AvgIpc) is 2.65. The molecule has 3 aromatic carbocycles. The number of ether oxygens (including phenoxy) is 2. The third kappa shape index (κ3) is 4.26. The number of nitrogens with one attached hydrogen (secondary N) is 1. The molecule has 128 valence electrons. The lowest BCUT2D eigenvalue weighted by atomic mass is 10.1. The molecule has 0 aromatic heterocycles. The third-order valence-electron chi connectivity index (χ3n) is 3.80. The van der Waals surface area contributed by atoms with E-state index in [0.717, 1.165) is 22.1 Å². The van der Waals surface area contributed by atoms with E-state index in [4.69, 9.17) is 9.47 Å². The van der Waals surface area contributed by atoms with Gasteiger partial charge < -0.3 is 14.8 Å². The summed E-state index contributed by atoms with van der Waals surface area (Å²) >= 11 is 0. The zero-order chi connectivity index (χ0) is 17.6. The van der Waals surface area contributed by atoms with Crippen molar-refractivity contribution < 1.29 is 18.7 Å². The van der Waals surface area contributed by atoms with Crippen molar-refractivity contribution in [2.45, 2.75) is 6.54 Å². The normalized spacial score (nSPS) is 10.5. The van der Waals surface area contributed by atoms with Gasteiger partial charge in [-0.25, -0.2) is 4.39 Å². The Morgan fingerprint density at radius 1 is 1.04 bits per heavy atom. The first-order valence-corrected chi connectivity index (χ1v) is 7.86. The number of methoxy groups -OCH3 is 1. The minimum atomic E-state index is -0.486. The van der Waals surface area contributed by atoms with Crippen LogP contribution in [0.15, 0.2) is 60.7 Å². The molecule has 1 N–H and O–H groups in total. The number of halogens is 1. The summed E-state index contributed by atoms with van der Waals surface area (Å²) < 4.78 is 23.8. The fraction of sp³-hybridized carbons (Fsp3) is 0.150. The highest BCUT2D eigenvalue weighted by Gasteiger charge is 2.06. The summed E-state index contributed by atoms with van der Waals surface area (Å²) in [7, 11) is 1.63. The molecule has 0 radical (unpaired) electrons. The quantitative estimate of drug-likeness (QED) is 0.745. The molecule has 0 aliphatic rings. The Morgan fingerprint density at radius 2 is 1.80 bits per heavy atom. The topological polar surface area (TPSA) is 47.6 Å². The maximum atomic E-state index is 13.4. The number of fused-ring (bicyclic) bond motifs is 1. The minimum Gasteiger partial charge on any atom is -0.497 e. The van der Waals surface area contributed by atoms with Crippen molar-refractivity contribution in [1.82, 2.24) is 5.32 Å². The van der Waals surface area contributed by atoms with Gasteiger partial charge in [0.2, 0.25) is 0 Å². The fourth-order valence-electron chi connectivity index (χ4n) is 2.47. The standard InChI is InChI=1S/C20H18FNO3/c1-24-17-9-8-15-10-14(6-7-16(15)11-17)12-22-20(23)13-25-19-5-3-2-4-18(19)21/h2-11H,12-13H2,1H3,(H,22,23). The Hall–Kier alpha value is -3.08. The first-order valence-electron chi connectivity index (χ1n) is 7.86. The Morgan fingerprint density at radius 3 is 2.60 bits per heavy atom. The zero-order valence-corrected chi connectivity index (χ0v) is 13.8. The number of rotatable bonds is 6. The predicted molar refractivity (Wildman–Crippen MR) is 94.2 cm³/mol. The van der Waals surface area contributed by atoms with E-state index in [1.807, 2.05) is 36.4 Å². The maximum absolute atomic E-state index is 13.4. The van der Waals surface area contributed by atoms with Crippen molar-refractivity contribution in [1.29, 1.82) is 0 Å². The zero-order valence-electron chi connectivity index (χ0n) is 13.8. The molecule has 0 unspecified atom stereocenters. The van der Waals surface area contributed by atoms with Crippen molar-refractivity contribution in [2.24, 2.45) is 0 Å². The highest BCUT2D eigenvalue weighted by Crippen LogP contribution is 2.21. The highest BCUT2D eigenvalue weighted by atomic mass is 19.1. The van der Waals surface area contributed by atoms with E-state index in [1.54, 1.807) is 19.2 Å². The molecule has 5 heteroatoms. The van der Waals surface area contributed by atoms with Crippen molar-refractivity contribution in [3.63, 3.8) is 0 Å². The molecule has 0 aliphatic carbocycles. The molecule has 3 aromatic rings. The average molecular weight is 339 g/mol. The number of carbonyl (C=O) groups is 1. The summed E-state index contributed by atoms with van der Waals surface area (Å²) in [5.41, 5.74) is 0.969. The summed E-state index contributed by atoms with van der Waals surface area (Å²) in [5.74, 6) is 0.0782. The van der Waals surface area contributed by atoms with Crippen LogP contribution in [-0.4, -0.2) is 19.6 Å². The largest absolute Gasteiger partial charge is 0.497 e. The molecule has 3 rings (SSSR count). The molecule has 1 amide bonds. The van der Waals surface area contributed by atoms with E-state index < -0.39 is 5.82 Å². The van der Waals surface area contributed by atoms with Crippen LogP contribution in [0.2, 0.25) is 0 Å². The van der Waals surface area contributed by atoms with Gasteiger partial charge >= 0.3 is 0 Å². The van der Waals surface area contributed by atoms with Gasteiger partial charge in [-0.3, -0.25) is 4.79 Å². The third-order valence-corrected chi connectivity index (χ3v) is 3.80. The second kappa shape index (κ2) is 7.66. The van der Waals surface area contributed by atoms with E-state index in [0.29, 0.717) is 6.54 Å². The number of para-hydroxylation sites is 1. The van der Waals surface area contributed by atoms with Crippen LogP contribution in [0, 0.1) is 5.82 Å². The van der Waals surface area contributed by atoms with Crippen LogP contribution < -0.4 is 14.8 Å². The summed E-state index contributed by atoms with van der Waals surface area (Å²) in [5, 5.41) is 4.90. The maximum Gasteiger partial charge on any atom is 0.258 e. The molecule has 0 spiro atoms. The summed E-state index contributed by atoms with van der Waals surface area (Å²) in [6.45, 7) is 0.146. The summed E-state index contributed by atoms with van der Waals surface area (Å²) in [6, 6.07) is 17.8. The summed E-state index contributed by atoms with van der Waals surface area (Å²) in [4.78, 5) is 11.9. The number of carbonyl (C=O) groups excluding carboxylic acids is 1. The van der Waals surface area contributed by atoms with Gasteiger partial charge in [-0.05, 0) is 46.7 Å². The number of amides is 1. The minimum absolute atomic E-state index is 0.0669. The van der Waals surface area contributed by atoms with Gasteiger partial charge in [-0.2, -0.15) is 0 Å². The molecule has 4 nitrogen and oxygen atoms in total.